The third-order valence-corrected chi connectivity index (χ3v) is 7.15. The third kappa shape index (κ3) is 5.84. The summed E-state index contributed by atoms with van der Waals surface area (Å²) in [6.07, 6.45) is 2.77. The Morgan fingerprint density at radius 1 is 0.659 bits per heavy atom. The Morgan fingerprint density at radius 2 is 1.37 bits per heavy atom. The first kappa shape index (κ1) is 26.7. The van der Waals surface area contributed by atoms with Gasteiger partial charge in [0.25, 0.3) is 0 Å². The molecule has 2 heterocycles. The number of pyridine rings is 1. The second kappa shape index (κ2) is 11.9. The summed E-state index contributed by atoms with van der Waals surface area (Å²) >= 11 is 0. The van der Waals surface area contributed by atoms with Gasteiger partial charge in [-0.3, -0.25) is 9.67 Å². The van der Waals surface area contributed by atoms with Crippen molar-refractivity contribution >= 4 is 27.4 Å². The molecule has 0 fully saturated rings. The third-order valence-electron chi connectivity index (χ3n) is 7.15. The molecule has 0 bridgehead atoms. The fourth-order valence-electron chi connectivity index (χ4n) is 5.08. The predicted molar refractivity (Wildman–Crippen MR) is 162 cm³/mol. The molecule has 1 unspecified atom stereocenters. The number of hydrogen-bond donors (Lipinski definition) is 1. The van der Waals surface area contributed by atoms with Crippen LogP contribution in [0.15, 0.2) is 134 Å². The first-order valence-electron chi connectivity index (χ1n) is 13.4. The van der Waals surface area contributed by atoms with Gasteiger partial charge in [0.2, 0.25) is 0 Å². The van der Waals surface area contributed by atoms with Crippen LogP contribution in [0.2, 0.25) is 0 Å². The molecule has 0 radical (unpaired) electrons. The Morgan fingerprint density at radius 3 is 2.17 bits per heavy atom. The molecule has 5 heteroatoms. The van der Waals surface area contributed by atoms with Crippen LogP contribution >= 0.6 is 0 Å². The molecular formula is C36H26N4Pt. The van der Waals surface area contributed by atoms with Gasteiger partial charge in [0.15, 0.2) is 0 Å². The van der Waals surface area contributed by atoms with Crippen LogP contribution in [0.25, 0.3) is 38.5 Å². The fraction of sp³-hybridized carbons (Fsp3) is 0.0556. The second-order valence-corrected chi connectivity index (χ2v) is 9.87. The maximum atomic E-state index is 4.98. The number of nitrogens with one attached hydrogen (secondary N) is 1. The standard InChI is InChI=1S/C36H26N4.Pt/c1-2-9-26(10-3-1)23-35(34-21-22-40(39-34)32-20-19-28-12-5-7-14-30(28)25-32)38-36-16-8-15-33(37-36)31-18-17-27-11-4-6-13-29(27)24-31;/h1-22,35H,23H2,(H,37,38);/q-2;+2. The van der Waals surface area contributed by atoms with Crippen LogP contribution in [0.5, 0.6) is 0 Å². The fourth-order valence-corrected chi connectivity index (χ4v) is 5.08. The topological polar surface area (TPSA) is 42.7 Å². The molecule has 7 aromatic rings. The average Bonchev–Trinajstić information content (AvgIpc) is 3.51. The molecule has 5 aromatic carbocycles. The molecule has 0 saturated heterocycles. The van der Waals surface area contributed by atoms with Crippen molar-refractivity contribution in [3.8, 4) is 16.9 Å². The van der Waals surface area contributed by atoms with E-state index in [1.54, 1.807) is 0 Å². The SMILES string of the molecule is [Pt+2].[c-]1c(-c2cccc(NC(Cc3ccccc3)c3ccn(-c4[c-]c5ccccc5cc4)n3)n2)ccc2ccccc12. The monoisotopic (exact) mass is 709 g/mol. The van der Waals surface area contributed by atoms with Crippen LogP contribution in [0, 0.1) is 12.1 Å². The van der Waals surface area contributed by atoms with E-state index in [1.807, 2.05) is 59.4 Å². The molecule has 0 aliphatic carbocycles. The van der Waals surface area contributed by atoms with Gasteiger partial charge >= 0.3 is 21.1 Å². The summed E-state index contributed by atoms with van der Waals surface area (Å²) < 4.78 is 1.90. The van der Waals surface area contributed by atoms with Crippen molar-refractivity contribution in [3.05, 3.63) is 157 Å². The first-order chi connectivity index (χ1) is 19.8. The molecule has 1 N–H and O–H groups in total. The zero-order chi connectivity index (χ0) is 26.7. The van der Waals surface area contributed by atoms with Crippen molar-refractivity contribution in [2.24, 2.45) is 0 Å². The van der Waals surface area contributed by atoms with Crippen molar-refractivity contribution in [2.45, 2.75) is 12.5 Å². The maximum absolute atomic E-state index is 4.98. The van der Waals surface area contributed by atoms with Crippen molar-refractivity contribution in [3.63, 3.8) is 0 Å². The van der Waals surface area contributed by atoms with Crippen LogP contribution in [-0.2, 0) is 27.5 Å². The summed E-state index contributed by atoms with van der Waals surface area (Å²) in [5.74, 6) is 0.798. The van der Waals surface area contributed by atoms with E-state index in [4.69, 9.17) is 10.1 Å². The van der Waals surface area contributed by atoms with Crippen LogP contribution in [0.4, 0.5) is 5.82 Å². The number of benzene rings is 5. The smallest absolute Gasteiger partial charge is 0.362 e. The van der Waals surface area contributed by atoms with E-state index in [9.17, 15) is 0 Å². The molecule has 1 atom stereocenters. The summed E-state index contributed by atoms with van der Waals surface area (Å²) in [5, 5.41) is 13.1. The van der Waals surface area contributed by atoms with Crippen LogP contribution in [0.1, 0.15) is 17.3 Å². The van der Waals surface area contributed by atoms with Crippen LogP contribution in [-0.4, -0.2) is 14.8 Å². The molecule has 2 aromatic heterocycles. The van der Waals surface area contributed by atoms with E-state index >= 15 is 0 Å². The van der Waals surface area contributed by atoms with Gasteiger partial charge in [-0.25, -0.2) is 0 Å². The molecule has 200 valence electrons. The molecule has 0 saturated carbocycles. The molecule has 4 nitrogen and oxygen atoms in total. The number of hydrogen-bond acceptors (Lipinski definition) is 3. The van der Waals surface area contributed by atoms with Crippen molar-refractivity contribution in [1.82, 2.24) is 14.8 Å². The number of nitrogens with zero attached hydrogens (tertiary/aromatic N) is 3. The zero-order valence-corrected chi connectivity index (χ0v) is 24.4. The summed E-state index contributed by atoms with van der Waals surface area (Å²) in [5.41, 5.74) is 4.93. The number of aromatic nitrogens is 3. The molecule has 0 amide bonds. The predicted octanol–water partition coefficient (Wildman–Crippen LogP) is 8.23. The van der Waals surface area contributed by atoms with E-state index in [-0.39, 0.29) is 27.1 Å². The Kier molecular flexibility index (Phi) is 7.75. The van der Waals surface area contributed by atoms with Crippen molar-refractivity contribution in [1.29, 1.82) is 0 Å². The number of anilines is 1. The Bertz CT molecular complexity index is 1930. The molecule has 0 aliphatic heterocycles. The number of rotatable bonds is 7. The summed E-state index contributed by atoms with van der Waals surface area (Å²) in [7, 11) is 0. The van der Waals surface area contributed by atoms with Gasteiger partial charge in [-0.1, -0.05) is 83.7 Å². The zero-order valence-electron chi connectivity index (χ0n) is 22.1. The van der Waals surface area contributed by atoms with E-state index in [1.165, 1.54) is 10.9 Å². The minimum atomic E-state index is -0.0764. The second-order valence-electron chi connectivity index (χ2n) is 9.87. The number of fused-ring (bicyclic) bond motifs is 2. The van der Waals surface area contributed by atoms with Gasteiger partial charge in [-0.05, 0) is 29.8 Å². The molecular weight excluding hydrogens is 684 g/mol. The van der Waals surface area contributed by atoms with Gasteiger partial charge in [-0.2, -0.15) is 5.10 Å². The summed E-state index contributed by atoms with van der Waals surface area (Å²) in [6, 6.07) is 50.5. The Balaban J connectivity index is 0.00000302. The van der Waals surface area contributed by atoms with Crippen molar-refractivity contribution < 1.29 is 21.1 Å². The molecule has 0 spiro atoms. The van der Waals surface area contributed by atoms with Gasteiger partial charge in [0, 0.05) is 11.9 Å². The normalized spacial score (nSPS) is 11.7. The molecule has 41 heavy (non-hydrogen) atoms. The minimum absolute atomic E-state index is 0. The van der Waals surface area contributed by atoms with Gasteiger partial charge < -0.3 is 5.32 Å². The van der Waals surface area contributed by atoms with E-state index < -0.39 is 0 Å². The largest absolute Gasteiger partial charge is 2.00 e. The maximum Gasteiger partial charge on any atom is 2.00 e. The Labute approximate surface area is 254 Å². The van der Waals surface area contributed by atoms with Crippen molar-refractivity contribution in [2.75, 3.05) is 5.32 Å². The average molecular weight is 710 g/mol. The summed E-state index contributed by atoms with van der Waals surface area (Å²) in [6.45, 7) is 0. The van der Waals surface area contributed by atoms with Crippen LogP contribution < -0.4 is 5.32 Å². The van der Waals surface area contributed by atoms with Gasteiger partial charge in [0.1, 0.15) is 5.82 Å². The van der Waals surface area contributed by atoms with Gasteiger partial charge in [-0.15, -0.1) is 70.8 Å². The van der Waals surface area contributed by atoms with E-state index in [0.717, 1.165) is 51.0 Å². The van der Waals surface area contributed by atoms with E-state index in [0.29, 0.717) is 0 Å². The Hall–Kier alpha value is -4.53. The molecule has 0 aliphatic rings. The quantitative estimate of drug-likeness (QED) is 0.170. The van der Waals surface area contributed by atoms with Crippen LogP contribution in [0.3, 0.4) is 0 Å². The minimum Gasteiger partial charge on any atom is -0.362 e. The first-order valence-corrected chi connectivity index (χ1v) is 13.4. The summed E-state index contributed by atoms with van der Waals surface area (Å²) in [4.78, 5) is 4.97. The molecule has 7 rings (SSSR count). The van der Waals surface area contributed by atoms with E-state index in [2.05, 4.69) is 96.3 Å². The van der Waals surface area contributed by atoms with Gasteiger partial charge in [0.05, 0.1) is 11.7 Å².